The Morgan fingerprint density at radius 1 is 1.12 bits per heavy atom. The van der Waals surface area contributed by atoms with Gasteiger partial charge in [0.25, 0.3) is 5.91 Å². The first-order valence-corrected chi connectivity index (χ1v) is 10.9. The summed E-state index contributed by atoms with van der Waals surface area (Å²) in [5, 5.41) is 10.5. The van der Waals surface area contributed by atoms with E-state index in [1.54, 1.807) is 12.1 Å². The van der Waals surface area contributed by atoms with Gasteiger partial charge in [0.15, 0.2) is 5.96 Å². The van der Waals surface area contributed by atoms with E-state index in [4.69, 9.17) is 0 Å². The van der Waals surface area contributed by atoms with Crippen LogP contribution in [-0.2, 0) is 13.0 Å². The molecule has 1 aromatic heterocycles. The van der Waals surface area contributed by atoms with E-state index >= 15 is 0 Å². The van der Waals surface area contributed by atoms with Crippen LogP contribution in [0.5, 0.6) is 0 Å². The summed E-state index contributed by atoms with van der Waals surface area (Å²) in [5.41, 5.74) is 3.27. The highest BCUT2D eigenvalue weighted by Crippen LogP contribution is 2.19. The fraction of sp³-hybridized carbons (Fsp3) is 0.360. The van der Waals surface area contributed by atoms with Gasteiger partial charge in [-0.1, -0.05) is 12.1 Å². The Morgan fingerprint density at radius 2 is 1.94 bits per heavy atom. The predicted molar refractivity (Wildman–Crippen MR) is 128 cm³/mol. The van der Waals surface area contributed by atoms with E-state index in [-0.39, 0.29) is 17.3 Å². The Kier molecular flexibility index (Phi) is 7.51. The normalized spacial score (nSPS) is 12.1. The summed E-state index contributed by atoms with van der Waals surface area (Å²) >= 11 is 0. The number of amides is 1. The molecule has 0 saturated carbocycles. The SMILES string of the molecule is CCNC(=NCc1cccc(C(=O)NC(C)(C)C)c1)NCCc1c[nH]c2ccc(F)cc12. The van der Waals surface area contributed by atoms with Crippen molar-refractivity contribution in [1.29, 1.82) is 0 Å². The number of nitrogens with one attached hydrogen (secondary N) is 4. The van der Waals surface area contributed by atoms with Crippen LogP contribution in [0.3, 0.4) is 0 Å². The van der Waals surface area contributed by atoms with Gasteiger partial charge >= 0.3 is 0 Å². The van der Waals surface area contributed by atoms with Crippen molar-refractivity contribution in [3.8, 4) is 0 Å². The maximum absolute atomic E-state index is 13.6. The van der Waals surface area contributed by atoms with Crippen LogP contribution in [-0.4, -0.2) is 35.5 Å². The quantitative estimate of drug-likeness (QED) is 0.331. The minimum absolute atomic E-state index is 0.0940. The first-order chi connectivity index (χ1) is 15.2. The number of guanidine groups is 1. The van der Waals surface area contributed by atoms with E-state index in [9.17, 15) is 9.18 Å². The zero-order chi connectivity index (χ0) is 23.1. The van der Waals surface area contributed by atoms with E-state index in [0.717, 1.165) is 35.0 Å². The van der Waals surface area contributed by atoms with Gasteiger partial charge in [0.2, 0.25) is 0 Å². The van der Waals surface area contributed by atoms with E-state index < -0.39 is 0 Å². The number of fused-ring (bicyclic) bond motifs is 1. The molecule has 170 valence electrons. The van der Waals surface area contributed by atoms with Crippen molar-refractivity contribution in [1.82, 2.24) is 20.9 Å². The lowest BCUT2D eigenvalue weighted by Gasteiger charge is -2.20. The van der Waals surface area contributed by atoms with Crippen LogP contribution < -0.4 is 16.0 Å². The van der Waals surface area contributed by atoms with Crippen LogP contribution in [0.25, 0.3) is 10.9 Å². The van der Waals surface area contributed by atoms with Crippen LogP contribution in [0.1, 0.15) is 49.2 Å². The minimum Gasteiger partial charge on any atom is -0.361 e. The van der Waals surface area contributed by atoms with Gasteiger partial charge in [-0.25, -0.2) is 9.38 Å². The monoisotopic (exact) mass is 437 g/mol. The zero-order valence-electron chi connectivity index (χ0n) is 19.2. The van der Waals surface area contributed by atoms with Crippen molar-refractivity contribution in [3.05, 3.63) is 71.2 Å². The average Bonchev–Trinajstić information content (AvgIpc) is 3.13. The molecule has 0 spiro atoms. The molecule has 0 atom stereocenters. The lowest BCUT2D eigenvalue weighted by molar-refractivity contribution is 0.0919. The molecular formula is C25H32FN5O. The molecule has 0 saturated heterocycles. The first-order valence-electron chi connectivity index (χ1n) is 10.9. The third kappa shape index (κ3) is 6.57. The number of rotatable bonds is 7. The van der Waals surface area contributed by atoms with E-state index in [1.165, 1.54) is 6.07 Å². The molecule has 1 amide bonds. The van der Waals surface area contributed by atoms with Crippen molar-refractivity contribution >= 4 is 22.8 Å². The molecule has 0 aliphatic heterocycles. The summed E-state index contributed by atoms with van der Waals surface area (Å²) in [6.07, 6.45) is 2.65. The number of carbonyl (C=O) groups is 1. The molecule has 4 N–H and O–H groups in total. The van der Waals surface area contributed by atoms with Gasteiger partial charge in [-0.05, 0) is 75.6 Å². The molecule has 0 aliphatic rings. The summed E-state index contributed by atoms with van der Waals surface area (Å²) in [4.78, 5) is 20.3. The number of nitrogens with zero attached hydrogens (tertiary/aromatic N) is 1. The molecule has 32 heavy (non-hydrogen) atoms. The van der Waals surface area contributed by atoms with Gasteiger partial charge in [-0.15, -0.1) is 0 Å². The second-order valence-corrected chi connectivity index (χ2v) is 8.78. The largest absolute Gasteiger partial charge is 0.361 e. The van der Waals surface area contributed by atoms with Crippen LogP contribution >= 0.6 is 0 Å². The number of hydrogen-bond donors (Lipinski definition) is 4. The lowest BCUT2D eigenvalue weighted by Crippen LogP contribution is -2.40. The van der Waals surface area contributed by atoms with Crippen LogP contribution in [0.2, 0.25) is 0 Å². The van der Waals surface area contributed by atoms with Crippen LogP contribution in [0.4, 0.5) is 4.39 Å². The molecule has 0 bridgehead atoms. The second kappa shape index (κ2) is 10.3. The number of H-pyrrole nitrogens is 1. The van der Waals surface area contributed by atoms with Crippen LogP contribution in [0.15, 0.2) is 53.7 Å². The van der Waals surface area contributed by atoms with Gasteiger partial charge in [0.1, 0.15) is 5.82 Å². The maximum atomic E-state index is 13.6. The Morgan fingerprint density at radius 3 is 2.69 bits per heavy atom. The van der Waals surface area contributed by atoms with Gasteiger partial charge < -0.3 is 20.9 Å². The molecule has 1 heterocycles. The summed E-state index contributed by atoms with van der Waals surface area (Å²) in [6.45, 7) is 9.73. The number of carbonyl (C=O) groups excluding carboxylic acids is 1. The Labute approximate surface area is 188 Å². The predicted octanol–water partition coefficient (Wildman–Crippen LogP) is 4.13. The van der Waals surface area contributed by atoms with E-state index in [0.29, 0.717) is 24.6 Å². The summed E-state index contributed by atoms with van der Waals surface area (Å²) in [7, 11) is 0. The molecule has 0 radical (unpaired) electrons. The number of aliphatic imine (C=N–C) groups is 1. The topological polar surface area (TPSA) is 81.3 Å². The summed E-state index contributed by atoms with van der Waals surface area (Å²) in [6, 6.07) is 12.3. The highest BCUT2D eigenvalue weighted by atomic mass is 19.1. The number of benzene rings is 2. The van der Waals surface area contributed by atoms with Gasteiger partial charge in [-0.2, -0.15) is 0 Å². The number of halogens is 1. The van der Waals surface area contributed by atoms with Crippen molar-refractivity contribution < 1.29 is 9.18 Å². The highest BCUT2D eigenvalue weighted by molar-refractivity contribution is 5.94. The molecule has 3 rings (SSSR count). The molecule has 2 aromatic carbocycles. The average molecular weight is 438 g/mol. The number of aromatic nitrogens is 1. The molecule has 7 heteroatoms. The maximum Gasteiger partial charge on any atom is 0.251 e. The Bertz CT molecular complexity index is 1100. The van der Waals surface area contributed by atoms with Gasteiger partial charge in [0.05, 0.1) is 6.54 Å². The second-order valence-electron chi connectivity index (χ2n) is 8.78. The molecule has 3 aromatic rings. The third-order valence-electron chi connectivity index (χ3n) is 4.86. The van der Waals surface area contributed by atoms with E-state index in [1.807, 2.05) is 58.2 Å². The van der Waals surface area contributed by atoms with Crippen LogP contribution in [0, 0.1) is 5.82 Å². The fourth-order valence-electron chi connectivity index (χ4n) is 3.41. The van der Waals surface area contributed by atoms with Gasteiger partial charge in [-0.3, -0.25) is 4.79 Å². The molecule has 0 fully saturated rings. The Balaban J connectivity index is 1.61. The van der Waals surface area contributed by atoms with Crippen molar-refractivity contribution in [3.63, 3.8) is 0 Å². The smallest absolute Gasteiger partial charge is 0.251 e. The third-order valence-corrected chi connectivity index (χ3v) is 4.86. The highest BCUT2D eigenvalue weighted by Gasteiger charge is 2.15. The number of hydrogen-bond acceptors (Lipinski definition) is 2. The standard InChI is InChI=1S/C25H32FN5O/c1-5-27-24(28-12-11-19-16-29-22-10-9-20(26)14-21(19)22)30-15-17-7-6-8-18(13-17)23(32)31-25(2,3)4/h6-10,13-14,16,29H,5,11-12,15H2,1-4H3,(H,31,32)(H2,27,28,30). The molecular weight excluding hydrogens is 405 g/mol. The molecule has 0 aliphatic carbocycles. The summed E-state index contributed by atoms with van der Waals surface area (Å²) < 4.78 is 13.6. The van der Waals surface area contributed by atoms with Gasteiger partial charge in [0, 0.05) is 41.3 Å². The van der Waals surface area contributed by atoms with Crippen molar-refractivity contribution in [2.75, 3.05) is 13.1 Å². The van der Waals surface area contributed by atoms with E-state index in [2.05, 4.69) is 25.9 Å². The lowest BCUT2D eigenvalue weighted by atomic mass is 10.1. The first kappa shape index (κ1) is 23.3. The zero-order valence-corrected chi connectivity index (χ0v) is 19.2. The number of aromatic amines is 1. The Hall–Kier alpha value is -3.35. The fourth-order valence-corrected chi connectivity index (χ4v) is 3.41. The van der Waals surface area contributed by atoms with Crippen molar-refractivity contribution in [2.45, 2.75) is 46.2 Å². The molecule has 0 unspecified atom stereocenters. The molecule has 6 nitrogen and oxygen atoms in total. The summed E-state index contributed by atoms with van der Waals surface area (Å²) in [5.74, 6) is 0.367. The van der Waals surface area contributed by atoms with Crippen molar-refractivity contribution in [2.24, 2.45) is 4.99 Å². The minimum atomic E-state index is -0.288.